The van der Waals surface area contributed by atoms with Crippen molar-refractivity contribution < 1.29 is 9.59 Å². The maximum Gasteiger partial charge on any atom is 0.318 e. The number of rotatable bonds is 5. The summed E-state index contributed by atoms with van der Waals surface area (Å²) in [4.78, 5) is 23.8. The molecule has 1 aromatic carbocycles. The van der Waals surface area contributed by atoms with Gasteiger partial charge in [0.25, 0.3) is 0 Å². The second-order valence-corrected chi connectivity index (χ2v) is 4.25. The van der Waals surface area contributed by atoms with E-state index in [-0.39, 0.29) is 6.54 Å². The molecule has 3 amide bonds. The zero-order valence-electron chi connectivity index (χ0n) is 10.8. The van der Waals surface area contributed by atoms with Crippen molar-refractivity contribution in [3.63, 3.8) is 0 Å². The quantitative estimate of drug-likeness (QED) is 0.761. The molecule has 1 rings (SSSR count). The van der Waals surface area contributed by atoms with Crippen molar-refractivity contribution in [3.8, 4) is 12.3 Å². The van der Waals surface area contributed by atoms with Crippen LogP contribution in [0.25, 0.3) is 0 Å². The van der Waals surface area contributed by atoms with E-state index in [0.29, 0.717) is 13.1 Å². The fraction of sp³-hybridized carbons (Fsp3) is 0.286. The summed E-state index contributed by atoms with van der Waals surface area (Å²) in [6, 6.07) is 7.08. The molecule has 0 aliphatic heterocycles. The number of primary amides is 1. The summed E-state index contributed by atoms with van der Waals surface area (Å²) < 4.78 is 0. The van der Waals surface area contributed by atoms with Crippen LogP contribution in [0.3, 0.4) is 0 Å². The summed E-state index contributed by atoms with van der Waals surface area (Å²) in [5.41, 5.74) is 7.10. The number of urea groups is 1. The highest BCUT2D eigenvalue weighted by atomic mass is 16.2. The van der Waals surface area contributed by atoms with E-state index in [2.05, 4.69) is 5.92 Å². The number of carbonyl (C=O) groups is 2. The lowest BCUT2D eigenvalue weighted by Crippen LogP contribution is -2.42. The van der Waals surface area contributed by atoms with Crippen molar-refractivity contribution in [2.45, 2.75) is 13.5 Å². The minimum Gasteiger partial charge on any atom is -0.351 e. The van der Waals surface area contributed by atoms with Gasteiger partial charge in [0.2, 0.25) is 5.91 Å². The minimum absolute atomic E-state index is 0.0288. The largest absolute Gasteiger partial charge is 0.351 e. The van der Waals surface area contributed by atoms with Gasteiger partial charge < -0.3 is 5.73 Å². The summed E-state index contributed by atoms with van der Waals surface area (Å²) >= 11 is 0. The van der Waals surface area contributed by atoms with Gasteiger partial charge >= 0.3 is 6.03 Å². The van der Waals surface area contributed by atoms with Crippen molar-refractivity contribution in [2.75, 3.05) is 13.1 Å². The number of nitrogens with one attached hydrogen (secondary N) is 1. The lowest BCUT2D eigenvalue weighted by Gasteiger charge is -2.18. The van der Waals surface area contributed by atoms with Gasteiger partial charge in [-0.1, -0.05) is 35.7 Å². The first-order valence-corrected chi connectivity index (χ1v) is 5.82. The number of aryl methyl sites for hydroxylation is 1. The van der Waals surface area contributed by atoms with Crippen LogP contribution in [0, 0.1) is 19.3 Å². The maximum absolute atomic E-state index is 11.5. The molecule has 0 aliphatic rings. The fourth-order valence-corrected chi connectivity index (χ4v) is 1.63. The van der Waals surface area contributed by atoms with Crippen LogP contribution < -0.4 is 11.1 Å². The van der Waals surface area contributed by atoms with Crippen LogP contribution in [0.5, 0.6) is 0 Å². The van der Waals surface area contributed by atoms with Gasteiger partial charge in [0.1, 0.15) is 0 Å². The Morgan fingerprint density at radius 2 is 2.00 bits per heavy atom. The second-order valence-electron chi connectivity index (χ2n) is 4.25. The predicted molar refractivity (Wildman–Crippen MR) is 73.0 cm³/mol. The molecule has 0 spiro atoms. The van der Waals surface area contributed by atoms with Crippen molar-refractivity contribution >= 4 is 11.9 Å². The molecule has 0 aromatic heterocycles. The third-order valence-electron chi connectivity index (χ3n) is 2.47. The topological polar surface area (TPSA) is 75.4 Å². The molecule has 0 bridgehead atoms. The summed E-state index contributed by atoms with van der Waals surface area (Å²) in [7, 11) is 0. The predicted octanol–water partition coefficient (Wildman–Crippen LogP) is 0.625. The van der Waals surface area contributed by atoms with Gasteiger partial charge in [-0.2, -0.15) is 0 Å². The van der Waals surface area contributed by atoms with Crippen LogP contribution in [-0.4, -0.2) is 29.9 Å². The SMILES string of the molecule is C#CCN(CC(=O)NC(N)=O)Cc1ccc(C)cc1. The van der Waals surface area contributed by atoms with Crippen molar-refractivity contribution in [1.29, 1.82) is 0 Å². The Labute approximate surface area is 112 Å². The van der Waals surface area contributed by atoms with Crippen LogP contribution in [0.1, 0.15) is 11.1 Å². The zero-order valence-corrected chi connectivity index (χ0v) is 10.8. The number of benzene rings is 1. The van der Waals surface area contributed by atoms with Gasteiger partial charge in [-0.05, 0) is 12.5 Å². The monoisotopic (exact) mass is 259 g/mol. The number of hydrogen-bond donors (Lipinski definition) is 2. The summed E-state index contributed by atoms with van der Waals surface area (Å²) in [6.07, 6.45) is 5.27. The van der Waals surface area contributed by atoms with Crippen molar-refractivity contribution in [1.82, 2.24) is 10.2 Å². The highest BCUT2D eigenvalue weighted by molar-refractivity contribution is 5.94. The minimum atomic E-state index is -0.860. The molecule has 0 saturated heterocycles. The molecular formula is C14H17N3O2. The van der Waals surface area contributed by atoms with Gasteiger partial charge in [-0.15, -0.1) is 6.42 Å². The van der Waals surface area contributed by atoms with Crippen LogP contribution in [-0.2, 0) is 11.3 Å². The van der Waals surface area contributed by atoms with Gasteiger partial charge in [0.15, 0.2) is 0 Å². The molecule has 100 valence electrons. The molecule has 0 heterocycles. The number of nitrogens with zero attached hydrogens (tertiary/aromatic N) is 1. The highest BCUT2D eigenvalue weighted by Crippen LogP contribution is 2.06. The zero-order chi connectivity index (χ0) is 14.3. The number of carbonyl (C=O) groups excluding carboxylic acids is 2. The normalized spacial score (nSPS) is 9.95. The average molecular weight is 259 g/mol. The Morgan fingerprint density at radius 3 is 2.53 bits per heavy atom. The van der Waals surface area contributed by atoms with Crippen LogP contribution in [0.15, 0.2) is 24.3 Å². The van der Waals surface area contributed by atoms with E-state index in [0.717, 1.165) is 5.56 Å². The van der Waals surface area contributed by atoms with Crippen LogP contribution in [0.4, 0.5) is 4.79 Å². The van der Waals surface area contributed by atoms with E-state index in [1.165, 1.54) is 5.56 Å². The number of nitrogens with two attached hydrogens (primary N) is 1. The van der Waals surface area contributed by atoms with Gasteiger partial charge in [-0.25, -0.2) is 4.79 Å². The number of amides is 3. The third-order valence-corrected chi connectivity index (χ3v) is 2.47. The lowest BCUT2D eigenvalue weighted by molar-refractivity contribution is -0.121. The van der Waals surface area contributed by atoms with Crippen LogP contribution >= 0.6 is 0 Å². The summed E-state index contributed by atoms with van der Waals surface area (Å²) in [6.45, 7) is 2.89. The van der Waals surface area contributed by atoms with E-state index in [9.17, 15) is 9.59 Å². The van der Waals surface area contributed by atoms with Gasteiger partial charge in [0.05, 0.1) is 13.1 Å². The second kappa shape index (κ2) is 7.19. The van der Waals surface area contributed by atoms with Gasteiger partial charge in [0, 0.05) is 6.54 Å². The third kappa shape index (κ3) is 5.70. The lowest BCUT2D eigenvalue weighted by atomic mass is 10.1. The van der Waals surface area contributed by atoms with Crippen LogP contribution in [0.2, 0.25) is 0 Å². The molecule has 0 fully saturated rings. The first-order valence-electron chi connectivity index (χ1n) is 5.82. The first kappa shape index (κ1) is 14.7. The highest BCUT2D eigenvalue weighted by Gasteiger charge is 2.11. The Morgan fingerprint density at radius 1 is 1.37 bits per heavy atom. The fourth-order valence-electron chi connectivity index (χ4n) is 1.63. The molecule has 1 aromatic rings. The number of terminal acetylenes is 1. The van der Waals surface area contributed by atoms with E-state index in [1.807, 2.05) is 36.5 Å². The molecule has 0 radical (unpaired) electrons. The van der Waals surface area contributed by atoms with Gasteiger partial charge in [-0.3, -0.25) is 15.0 Å². The molecule has 19 heavy (non-hydrogen) atoms. The Kier molecular flexibility index (Phi) is 5.58. The van der Waals surface area contributed by atoms with Crippen molar-refractivity contribution in [2.24, 2.45) is 5.73 Å². The summed E-state index contributed by atoms with van der Waals surface area (Å²) in [5, 5.41) is 2.02. The summed E-state index contributed by atoms with van der Waals surface area (Å²) in [5.74, 6) is 2.02. The molecule has 0 unspecified atom stereocenters. The molecular weight excluding hydrogens is 242 g/mol. The van der Waals surface area contributed by atoms with E-state index < -0.39 is 11.9 Å². The molecule has 5 heteroatoms. The Bertz CT molecular complexity index is 488. The standard InChI is InChI=1S/C14H17N3O2/c1-3-8-17(10-13(18)16-14(15)19)9-12-6-4-11(2)5-7-12/h1,4-7H,8-10H2,2H3,(H3,15,16,18,19). The maximum atomic E-state index is 11.5. The van der Waals surface area contributed by atoms with E-state index >= 15 is 0 Å². The molecule has 3 N–H and O–H groups in total. The molecule has 0 saturated carbocycles. The molecule has 0 aliphatic carbocycles. The Balaban J connectivity index is 2.62. The smallest absolute Gasteiger partial charge is 0.318 e. The average Bonchev–Trinajstić information content (AvgIpc) is 2.31. The molecule has 0 atom stereocenters. The van der Waals surface area contributed by atoms with E-state index in [1.54, 1.807) is 4.90 Å². The molecule has 5 nitrogen and oxygen atoms in total. The Hall–Kier alpha value is -2.32. The number of hydrogen-bond acceptors (Lipinski definition) is 3. The number of imide groups is 1. The first-order chi connectivity index (χ1) is 9.01. The van der Waals surface area contributed by atoms with E-state index in [4.69, 9.17) is 12.2 Å². The van der Waals surface area contributed by atoms with Crippen molar-refractivity contribution in [3.05, 3.63) is 35.4 Å².